The lowest BCUT2D eigenvalue weighted by Gasteiger charge is -2.09. The van der Waals surface area contributed by atoms with Crippen LogP contribution in [-0.4, -0.2) is 11.9 Å². The lowest BCUT2D eigenvalue weighted by Crippen LogP contribution is -2.33. The Bertz CT molecular complexity index is 435. The first-order valence-corrected chi connectivity index (χ1v) is 5.94. The van der Waals surface area contributed by atoms with Crippen LogP contribution in [0.25, 0.3) is 0 Å². The van der Waals surface area contributed by atoms with Crippen LogP contribution in [0.1, 0.15) is 18.9 Å². The van der Waals surface area contributed by atoms with E-state index in [0.29, 0.717) is 12.3 Å². The fourth-order valence-corrected chi connectivity index (χ4v) is 1.85. The van der Waals surface area contributed by atoms with Gasteiger partial charge in [0.1, 0.15) is 5.92 Å². The number of nitrogens with one attached hydrogen (secondary N) is 1. The van der Waals surface area contributed by atoms with Crippen LogP contribution in [0.2, 0.25) is 0 Å². The molecule has 0 bridgehead atoms. The van der Waals surface area contributed by atoms with Crippen LogP contribution in [0.5, 0.6) is 0 Å². The predicted molar refractivity (Wildman–Crippen MR) is 65.0 cm³/mol. The minimum absolute atomic E-state index is 0.134. The minimum atomic E-state index is -0.579. The summed E-state index contributed by atoms with van der Waals surface area (Å²) in [7, 11) is 0. The van der Waals surface area contributed by atoms with Crippen molar-refractivity contribution < 1.29 is 4.79 Å². The molecule has 3 nitrogen and oxygen atoms in total. The van der Waals surface area contributed by atoms with Gasteiger partial charge in [-0.05, 0) is 24.3 Å². The van der Waals surface area contributed by atoms with E-state index >= 15 is 0 Å². The molecule has 0 aliphatic heterocycles. The van der Waals surface area contributed by atoms with Crippen LogP contribution < -0.4 is 5.32 Å². The van der Waals surface area contributed by atoms with Crippen molar-refractivity contribution in [2.75, 3.05) is 0 Å². The lowest BCUT2D eigenvalue weighted by molar-refractivity contribution is -0.123. The zero-order valence-electron chi connectivity index (χ0n) is 9.89. The number of carbonyl (C=O) groups excluding carboxylic acids is 1. The summed E-state index contributed by atoms with van der Waals surface area (Å²) >= 11 is 0. The molecule has 1 aliphatic rings. The smallest absolute Gasteiger partial charge is 0.237 e. The summed E-state index contributed by atoms with van der Waals surface area (Å²) in [6.07, 6.45) is 1.53. The highest BCUT2D eigenvalue weighted by Crippen LogP contribution is 2.29. The Balaban J connectivity index is 1.92. The predicted octanol–water partition coefficient (Wildman–Crippen LogP) is 1.89. The molecule has 1 aromatic carbocycles. The summed E-state index contributed by atoms with van der Waals surface area (Å²) in [6.45, 7) is 2.10. The van der Waals surface area contributed by atoms with Crippen molar-refractivity contribution in [1.82, 2.24) is 5.32 Å². The first kappa shape index (κ1) is 11.7. The van der Waals surface area contributed by atoms with Crippen LogP contribution in [0.15, 0.2) is 30.3 Å². The van der Waals surface area contributed by atoms with Crippen LogP contribution in [0.4, 0.5) is 0 Å². The first-order chi connectivity index (χ1) is 8.20. The molecule has 0 saturated heterocycles. The van der Waals surface area contributed by atoms with Gasteiger partial charge in [0.15, 0.2) is 0 Å². The summed E-state index contributed by atoms with van der Waals surface area (Å²) in [6, 6.07) is 12.0. The molecule has 1 saturated carbocycles. The molecule has 1 aromatic rings. The molecule has 2 rings (SSSR count). The maximum atomic E-state index is 11.8. The van der Waals surface area contributed by atoms with E-state index in [2.05, 4.69) is 18.3 Å². The topological polar surface area (TPSA) is 52.9 Å². The normalized spacial score (nSPS) is 23.5. The third kappa shape index (κ3) is 3.07. The van der Waals surface area contributed by atoms with E-state index in [1.807, 2.05) is 30.3 Å². The summed E-state index contributed by atoms with van der Waals surface area (Å²) < 4.78 is 0. The van der Waals surface area contributed by atoms with Gasteiger partial charge in [-0.3, -0.25) is 4.79 Å². The van der Waals surface area contributed by atoms with E-state index in [-0.39, 0.29) is 11.9 Å². The summed E-state index contributed by atoms with van der Waals surface area (Å²) in [4.78, 5) is 11.8. The van der Waals surface area contributed by atoms with Crippen molar-refractivity contribution >= 4 is 5.91 Å². The standard InChI is InChI=1S/C14H16N2O/c1-10-7-13(10)16-14(17)12(9-15)8-11-5-3-2-4-6-11/h2-6,10,12-13H,7-8H2,1H3,(H,16,17). The molecular weight excluding hydrogens is 212 g/mol. The maximum absolute atomic E-state index is 11.8. The van der Waals surface area contributed by atoms with Gasteiger partial charge >= 0.3 is 0 Å². The van der Waals surface area contributed by atoms with Crippen molar-refractivity contribution in [2.45, 2.75) is 25.8 Å². The van der Waals surface area contributed by atoms with Gasteiger partial charge in [0.05, 0.1) is 6.07 Å². The Morgan fingerprint density at radius 2 is 2.18 bits per heavy atom. The molecule has 1 fully saturated rings. The maximum Gasteiger partial charge on any atom is 0.237 e. The first-order valence-electron chi connectivity index (χ1n) is 5.94. The highest BCUT2D eigenvalue weighted by Gasteiger charge is 2.35. The zero-order chi connectivity index (χ0) is 12.3. The average molecular weight is 228 g/mol. The second-order valence-electron chi connectivity index (χ2n) is 4.70. The van der Waals surface area contributed by atoms with Gasteiger partial charge in [-0.15, -0.1) is 0 Å². The van der Waals surface area contributed by atoms with E-state index < -0.39 is 5.92 Å². The minimum Gasteiger partial charge on any atom is -0.352 e. The Hall–Kier alpha value is -1.82. The number of nitrogens with zero attached hydrogens (tertiary/aromatic N) is 1. The molecule has 3 atom stereocenters. The molecular formula is C14H16N2O. The van der Waals surface area contributed by atoms with Gasteiger partial charge in [-0.25, -0.2) is 0 Å². The zero-order valence-corrected chi connectivity index (χ0v) is 9.89. The summed E-state index contributed by atoms with van der Waals surface area (Å²) in [5.41, 5.74) is 1.03. The van der Waals surface area contributed by atoms with Crippen LogP contribution in [-0.2, 0) is 11.2 Å². The van der Waals surface area contributed by atoms with Gasteiger partial charge < -0.3 is 5.32 Å². The fraction of sp³-hybridized carbons (Fsp3) is 0.429. The third-order valence-electron chi connectivity index (χ3n) is 3.19. The number of rotatable bonds is 4. The molecule has 17 heavy (non-hydrogen) atoms. The second-order valence-corrected chi connectivity index (χ2v) is 4.70. The van der Waals surface area contributed by atoms with Crippen LogP contribution in [0.3, 0.4) is 0 Å². The van der Waals surface area contributed by atoms with Gasteiger partial charge in [-0.1, -0.05) is 37.3 Å². The summed E-state index contributed by atoms with van der Waals surface area (Å²) in [5.74, 6) is -0.147. The number of carbonyl (C=O) groups is 1. The SMILES string of the molecule is CC1CC1NC(=O)C(C#N)Cc1ccccc1. The monoisotopic (exact) mass is 228 g/mol. The summed E-state index contributed by atoms with van der Waals surface area (Å²) in [5, 5.41) is 12.0. The van der Waals surface area contributed by atoms with Crippen molar-refractivity contribution in [3.8, 4) is 6.07 Å². The fourth-order valence-electron chi connectivity index (χ4n) is 1.85. The molecule has 3 unspecified atom stereocenters. The van der Waals surface area contributed by atoms with Gasteiger partial charge in [0.2, 0.25) is 5.91 Å². The van der Waals surface area contributed by atoms with Gasteiger partial charge in [-0.2, -0.15) is 5.26 Å². The van der Waals surface area contributed by atoms with Crippen molar-refractivity contribution in [1.29, 1.82) is 5.26 Å². The molecule has 1 aliphatic carbocycles. The van der Waals surface area contributed by atoms with E-state index in [1.165, 1.54) is 0 Å². The quantitative estimate of drug-likeness (QED) is 0.855. The number of amides is 1. The molecule has 0 aromatic heterocycles. The van der Waals surface area contributed by atoms with Gasteiger partial charge in [0, 0.05) is 6.04 Å². The van der Waals surface area contributed by atoms with E-state index in [4.69, 9.17) is 5.26 Å². The molecule has 0 spiro atoms. The highest BCUT2D eigenvalue weighted by molar-refractivity contribution is 5.82. The molecule has 1 amide bonds. The number of benzene rings is 1. The average Bonchev–Trinajstić information content (AvgIpc) is 3.03. The molecule has 88 valence electrons. The molecule has 0 heterocycles. The van der Waals surface area contributed by atoms with E-state index in [9.17, 15) is 4.79 Å². The van der Waals surface area contributed by atoms with Crippen LogP contribution in [0, 0.1) is 23.2 Å². The third-order valence-corrected chi connectivity index (χ3v) is 3.19. The Labute approximate surface area is 101 Å². The Morgan fingerprint density at radius 3 is 2.71 bits per heavy atom. The van der Waals surface area contributed by atoms with Crippen molar-refractivity contribution in [3.63, 3.8) is 0 Å². The van der Waals surface area contributed by atoms with Gasteiger partial charge in [0.25, 0.3) is 0 Å². The second kappa shape index (κ2) is 5.01. The number of hydrogen-bond acceptors (Lipinski definition) is 2. The number of hydrogen-bond donors (Lipinski definition) is 1. The number of nitriles is 1. The van der Waals surface area contributed by atoms with Crippen LogP contribution >= 0.6 is 0 Å². The Kier molecular flexibility index (Phi) is 3.43. The van der Waals surface area contributed by atoms with E-state index in [0.717, 1.165) is 12.0 Å². The molecule has 0 radical (unpaired) electrons. The Morgan fingerprint density at radius 1 is 1.53 bits per heavy atom. The molecule has 3 heteroatoms. The van der Waals surface area contributed by atoms with Crippen molar-refractivity contribution in [2.24, 2.45) is 11.8 Å². The molecule has 1 N–H and O–H groups in total. The largest absolute Gasteiger partial charge is 0.352 e. The highest BCUT2D eigenvalue weighted by atomic mass is 16.2. The van der Waals surface area contributed by atoms with E-state index in [1.54, 1.807) is 0 Å². The lowest BCUT2D eigenvalue weighted by atomic mass is 10.00. The van der Waals surface area contributed by atoms with Crippen molar-refractivity contribution in [3.05, 3.63) is 35.9 Å².